The zero-order valence-corrected chi connectivity index (χ0v) is 12.9. The van der Waals surface area contributed by atoms with Gasteiger partial charge in [0.05, 0.1) is 11.3 Å². The third-order valence-corrected chi connectivity index (χ3v) is 4.62. The molecular weight excluding hydrogens is 320 g/mol. The third kappa shape index (κ3) is 2.44. The quantitative estimate of drug-likeness (QED) is 0.792. The lowest BCUT2D eigenvalue weighted by atomic mass is 10.1. The lowest BCUT2D eigenvalue weighted by Gasteiger charge is -2.00. The Morgan fingerprint density at radius 1 is 1.18 bits per heavy atom. The summed E-state index contributed by atoms with van der Waals surface area (Å²) < 4.78 is 10.7. The van der Waals surface area contributed by atoms with Gasteiger partial charge in [-0.05, 0) is 29.6 Å². The highest BCUT2D eigenvalue weighted by Gasteiger charge is 2.15. The predicted octanol–water partition coefficient (Wildman–Crippen LogP) is 3.85. The molecule has 1 aliphatic rings. The average molecular weight is 330 g/mol. The molecule has 2 aromatic heterocycles. The molecule has 1 N–H and O–H groups in total. The van der Waals surface area contributed by atoms with Crippen molar-refractivity contribution in [1.82, 2.24) is 4.98 Å². The van der Waals surface area contributed by atoms with Crippen LogP contribution in [-0.2, 0) is 0 Å². The van der Waals surface area contributed by atoms with Gasteiger partial charge in [-0.15, -0.1) is 11.3 Å². The number of thiophene rings is 1. The number of hydrogen-bond donors (Lipinski definition) is 1. The molecule has 110 valence electrons. The van der Waals surface area contributed by atoms with Crippen LogP contribution in [-0.4, -0.2) is 17.7 Å². The van der Waals surface area contributed by atoms with Gasteiger partial charge in [-0.2, -0.15) is 11.3 Å². The second kappa shape index (κ2) is 5.43. The number of ether oxygens (including phenoxy) is 2. The number of nitrogens with one attached hydrogen (secondary N) is 1. The third-order valence-electron chi connectivity index (χ3n) is 3.18. The number of aromatic nitrogens is 1. The van der Waals surface area contributed by atoms with Gasteiger partial charge in [0.15, 0.2) is 16.6 Å². The van der Waals surface area contributed by atoms with E-state index in [2.05, 4.69) is 10.3 Å². The van der Waals surface area contributed by atoms with Crippen molar-refractivity contribution in [1.29, 1.82) is 0 Å². The molecule has 1 amide bonds. The van der Waals surface area contributed by atoms with Crippen molar-refractivity contribution in [2.45, 2.75) is 0 Å². The SMILES string of the molecule is O=C(Nc1nc(-c2ccc3c(c2)OCO3)cs1)c1ccsc1. The lowest BCUT2D eigenvalue weighted by molar-refractivity contribution is 0.102. The van der Waals surface area contributed by atoms with E-state index in [-0.39, 0.29) is 12.7 Å². The summed E-state index contributed by atoms with van der Waals surface area (Å²) in [5.41, 5.74) is 2.37. The van der Waals surface area contributed by atoms with E-state index in [1.165, 1.54) is 22.7 Å². The van der Waals surface area contributed by atoms with E-state index in [1.54, 1.807) is 6.07 Å². The number of rotatable bonds is 3. The molecule has 5 nitrogen and oxygen atoms in total. The number of nitrogens with zero attached hydrogens (tertiary/aromatic N) is 1. The minimum Gasteiger partial charge on any atom is -0.454 e. The number of thiazole rings is 1. The van der Waals surface area contributed by atoms with Gasteiger partial charge in [-0.25, -0.2) is 4.98 Å². The molecule has 3 aromatic rings. The van der Waals surface area contributed by atoms with E-state index < -0.39 is 0 Å². The molecule has 1 aromatic carbocycles. The Kier molecular flexibility index (Phi) is 3.28. The Morgan fingerprint density at radius 2 is 2.09 bits per heavy atom. The van der Waals surface area contributed by atoms with E-state index in [1.807, 2.05) is 34.3 Å². The van der Waals surface area contributed by atoms with Gasteiger partial charge in [0, 0.05) is 16.3 Å². The summed E-state index contributed by atoms with van der Waals surface area (Å²) >= 11 is 2.88. The number of fused-ring (bicyclic) bond motifs is 1. The standard InChI is InChI=1S/C15H10N2O3S2/c18-14(10-3-4-21-6-10)17-15-16-11(7-22-15)9-1-2-12-13(5-9)20-8-19-12/h1-7H,8H2,(H,16,17,18). The summed E-state index contributed by atoms with van der Waals surface area (Å²) in [6.45, 7) is 0.248. The van der Waals surface area contributed by atoms with Crippen molar-refractivity contribution in [3.63, 3.8) is 0 Å². The fraction of sp³-hybridized carbons (Fsp3) is 0.0667. The molecule has 3 heterocycles. The second-order valence-electron chi connectivity index (χ2n) is 4.57. The Hall–Kier alpha value is -2.38. The van der Waals surface area contributed by atoms with Crippen LogP contribution >= 0.6 is 22.7 Å². The molecule has 0 bridgehead atoms. The van der Waals surface area contributed by atoms with Gasteiger partial charge in [-0.3, -0.25) is 10.1 Å². The summed E-state index contributed by atoms with van der Waals surface area (Å²) in [5.74, 6) is 1.31. The highest BCUT2D eigenvalue weighted by Crippen LogP contribution is 2.36. The molecular formula is C15H10N2O3S2. The molecule has 7 heteroatoms. The average Bonchev–Trinajstić information content (AvgIpc) is 3.27. The molecule has 0 saturated heterocycles. The van der Waals surface area contributed by atoms with Crippen molar-refractivity contribution in [3.8, 4) is 22.8 Å². The van der Waals surface area contributed by atoms with Crippen molar-refractivity contribution < 1.29 is 14.3 Å². The van der Waals surface area contributed by atoms with Crippen LogP contribution in [0, 0.1) is 0 Å². The van der Waals surface area contributed by atoms with E-state index in [0.29, 0.717) is 16.4 Å². The van der Waals surface area contributed by atoms with Gasteiger partial charge in [0.1, 0.15) is 0 Å². The second-order valence-corrected chi connectivity index (χ2v) is 6.21. The minimum absolute atomic E-state index is 0.146. The summed E-state index contributed by atoms with van der Waals surface area (Å²) in [6, 6.07) is 7.46. The minimum atomic E-state index is -0.146. The smallest absolute Gasteiger partial charge is 0.258 e. The van der Waals surface area contributed by atoms with E-state index in [4.69, 9.17) is 9.47 Å². The van der Waals surface area contributed by atoms with Crippen molar-refractivity contribution >= 4 is 33.7 Å². The molecule has 22 heavy (non-hydrogen) atoms. The van der Waals surface area contributed by atoms with Crippen molar-refractivity contribution in [2.24, 2.45) is 0 Å². The van der Waals surface area contributed by atoms with E-state index in [9.17, 15) is 4.79 Å². The number of amides is 1. The summed E-state index contributed by atoms with van der Waals surface area (Å²) in [6.07, 6.45) is 0. The van der Waals surface area contributed by atoms with Crippen molar-refractivity contribution in [3.05, 3.63) is 46.0 Å². The first-order valence-electron chi connectivity index (χ1n) is 6.49. The highest BCUT2D eigenvalue weighted by molar-refractivity contribution is 7.14. The van der Waals surface area contributed by atoms with Crippen LogP contribution in [0.1, 0.15) is 10.4 Å². The van der Waals surface area contributed by atoms with Gasteiger partial charge in [-0.1, -0.05) is 0 Å². The van der Waals surface area contributed by atoms with Gasteiger partial charge in [0.2, 0.25) is 6.79 Å². The lowest BCUT2D eigenvalue weighted by Crippen LogP contribution is -2.10. The van der Waals surface area contributed by atoms with Crippen LogP contribution < -0.4 is 14.8 Å². The number of benzene rings is 1. The molecule has 0 saturated carbocycles. The first-order chi connectivity index (χ1) is 10.8. The molecule has 0 radical (unpaired) electrons. The zero-order valence-electron chi connectivity index (χ0n) is 11.2. The van der Waals surface area contributed by atoms with E-state index in [0.717, 1.165) is 17.0 Å². The Morgan fingerprint density at radius 3 is 2.95 bits per heavy atom. The molecule has 0 aliphatic carbocycles. The molecule has 0 atom stereocenters. The topological polar surface area (TPSA) is 60.5 Å². The van der Waals surface area contributed by atoms with Crippen LogP contribution in [0.4, 0.5) is 5.13 Å². The number of carbonyl (C=O) groups excluding carboxylic acids is 1. The first-order valence-corrected chi connectivity index (χ1v) is 8.31. The largest absolute Gasteiger partial charge is 0.454 e. The first kappa shape index (κ1) is 13.3. The number of hydrogen-bond acceptors (Lipinski definition) is 6. The number of anilines is 1. The van der Waals surface area contributed by atoms with Crippen molar-refractivity contribution in [2.75, 3.05) is 12.1 Å². The normalized spacial score (nSPS) is 12.4. The summed E-state index contributed by atoms with van der Waals surface area (Å²) in [7, 11) is 0. The molecule has 0 spiro atoms. The van der Waals surface area contributed by atoms with Gasteiger partial charge < -0.3 is 9.47 Å². The zero-order chi connectivity index (χ0) is 14.9. The molecule has 1 aliphatic heterocycles. The fourth-order valence-corrected chi connectivity index (χ4v) is 3.43. The van der Waals surface area contributed by atoms with Crippen LogP contribution in [0.5, 0.6) is 11.5 Å². The van der Waals surface area contributed by atoms with Crippen LogP contribution in [0.25, 0.3) is 11.3 Å². The highest BCUT2D eigenvalue weighted by atomic mass is 32.1. The van der Waals surface area contributed by atoms with E-state index >= 15 is 0 Å². The Bertz CT molecular complexity index is 827. The van der Waals surface area contributed by atoms with Gasteiger partial charge in [0.25, 0.3) is 5.91 Å². The fourth-order valence-electron chi connectivity index (χ4n) is 2.08. The Labute approximate surface area is 134 Å². The summed E-state index contributed by atoms with van der Waals surface area (Å²) in [4.78, 5) is 16.4. The molecule has 0 unspecified atom stereocenters. The monoisotopic (exact) mass is 330 g/mol. The van der Waals surface area contributed by atoms with Crippen LogP contribution in [0.15, 0.2) is 40.4 Å². The number of carbonyl (C=O) groups is 1. The molecule has 4 rings (SSSR count). The maximum absolute atomic E-state index is 12.0. The summed E-state index contributed by atoms with van der Waals surface area (Å²) in [5, 5.41) is 8.96. The van der Waals surface area contributed by atoms with Crippen LogP contribution in [0.3, 0.4) is 0 Å². The van der Waals surface area contributed by atoms with Gasteiger partial charge >= 0.3 is 0 Å². The maximum atomic E-state index is 12.0. The van der Waals surface area contributed by atoms with Crippen LogP contribution in [0.2, 0.25) is 0 Å². The maximum Gasteiger partial charge on any atom is 0.258 e. The Balaban J connectivity index is 1.55. The predicted molar refractivity (Wildman–Crippen MR) is 85.9 cm³/mol. The molecule has 0 fully saturated rings.